The third-order valence-electron chi connectivity index (χ3n) is 3.79. The Bertz CT molecular complexity index is 945. The van der Waals surface area contributed by atoms with E-state index in [2.05, 4.69) is 22.1 Å². The van der Waals surface area contributed by atoms with E-state index in [1.165, 1.54) is 5.56 Å². The molecule has 2 aromatic heterocycles. The van der Waals surface area contributed by atoms with Crippen molar-refractivity contribution in [2.24, 2.45) is 0 Å². The van der Waals surface area contributed by atoms with Crippen molar-refractivity contribution in [3.05, 3.63) is 66.1 Å². The summed E-state index contributed by atoms with van der Waals surface area (Å²) in [4.78, 5) is 12.6. The van der Waals surface area contributed by atoms with Gasteiger partial charge in [0.2, 0.25) is 0 Å². The van der Waals surface area contributed by atoms with Gasteiger partial charge in [0.25, 0.3) is 0 Å². The summed E-state index contributed by atoms with van der Waals surface area (Å²) in [6.07, 6.45) is 2.62. The largest absolute Gasteiger partial charge is 0.497 e. The van der Waals surface area contributed by atoms with E-state index < -0.39 is 0 Å². The number of nitrogens with zero attached hydrogens (tertiary/aromatic N) is 2. The lowest BCUT2D eigenvalue weighted by molar-refractivity contribution is 0.415. The van der Waals surface area contributed by atoms with Crippen molar-refractivity contribution in [1.29, 1.82) is 0 Å². The van der Waals surface area contributed by atoms with E-state index in [0.29, 0.717) is 0 Å². The molecule has 0 atom stereocenters. The van der Waals surface area contributed by atoms with Crippen molar-refractivity contribution >= 4 is 21.9 Å². The van der Waals surface area contributed by atoms with Gasteiger partial charge in [0, 0.05) is 17.9 Å². The number of hydrogen-bond acceptors (Lipinski definition) is 3. The summed E-state index contributed by atoms with van der Waals surface area (Å²) in [7, 11) is 1.66. The summed E-state index contributed by atoms with van der Waals surface area (Å²) in [6.45, 7) is 0. The molecule has 0 amide bonds. The molecule has 0 bridgehead atoms. The predicted molar refractivity (Wildman–Crippen MR) is 87.2 cm³/mol. The van der Waals surface area contributed by atoms with E-state index in [-0.39, 0.29) is 0 Å². The van der Waals surface area contributed by atoms with Crippen LogP contribution in [0, 0.1) is 0 Å². The molecule has 4 aromatic rings. The van der Waals surface area contributed by atoms with Crippen LogP contribution in [0.15, 0.2) is 54.7 Å². The van der Waals surface area contributed by atoms with Crippen molar-refractivity contribution in [3.63, 3.8) is 0 Å². The smallest absolute Gasteiger partial charge is 0.121 e. The Morgan fingerprint density at radius 1 is 1.09 bits per heavy atom. The molecule has 0 saturated carbocycles. The molecule has 4 rings (SSSR count). The second-order valence-corrected chi connectivity index (χ2v) is 5.25. The molecular formula is C18H15N3O. The molecule has 0 radical (unpaired) electrons. The number of nitrogens with one attached hydrogen (secondary N) is 1. The summed E-state index contributed by atoms with van der Waals surface area (Å²) >= 11 is 0. The van der Waals surface area contributed by atoms with Crippen LogP contribution >= 0.6 is 0 Å². The lowest BCUT2D eigenvalue weighted by Crippen LogP contribution is -1.89. The van der Waals surface area contributed by atoms with Gasteiger partial charge in [-0.05, 0) is 17.7 Å². The highest BCUT2D eigenvalue weighted by Gasteiger charge is 2.09. The molecule has 4 nitrogen and oxygen atoms in total. The first-order valence-electron chi connectivity index (χ1n) is 7.19. The van der Waals surface area contributed by atoms with Crippen molar-refractivity contribution < 1.29 is 4.74 Å². The van der Waals surface area contributed by atoms with Crippen LogP contribution in [0.2, 0.25) is 0 Å². The zero-order chi connectivity index (χ0) is 14.9. The van der Waals surface area contributed by atoms with Gasteiger partial charge in [-0.15, -0.1) is 0 Å². The zero-order valence-electron chi connectivity index (χ0n) is 12.2. The molecule has 0 aliphatic carbocycles. The van der Waals surface area contributed by atoms with Crippen molar-refractivity contribution in [1.82, 2.24) is 15.0 Å². The third kappa shape index (κ3) is 2.19. The molecule has 0 fully saturated rings. The van der Waals surface area contributed by atoms with E-state index in [9.17, 15) is 0 Å². The summed E-state index contributed by atoms with van der Waals surface area (Å²) in [5.41, 5.74) is 4.05. The second kappa shape index (κ2) is 5.15. The number of imidazole rings is 1. The van der Waals surface area contributed by atoms with E-state index in [4.69, 9.17) is 9.72 Å². The highest BCUT2D eigenvalue weighted by Crippen LogP contribution is 2.25. The standard InChI is InChI=1S/C18H15N3O/c1-22-13-7-8-14-15(10-13)19-11-16-18(14)21-17(20-16)9-12-5-3-2-4-6-12/h2-8,10-11H,9H2,1H3,(H,20,21). The molecule has 2 heterocycles. The number of pyridine rings is 1. The van der Waals surface area contributed by atoms with Crippen LogP contribution in [-0.2, 0) is 6.42 Å². The lowest BCUT2D eigenvalue weighted by atomic mass is 10.1. The fraction of sp³-hybridized carbons (Fsp3) is 0.111. The Morgan fingerprint density at radius 2 is 1.95 bits per heavy atom. The lowest BCUT2D eigenvalue weighted by Gasteiger charge is -2.01. The molecule has 108 valence electrons. The van der Waals surface area contributed by atoms with Crippen LogP contribution in [-0.4, -0.2) is 22.1 Å². The summed E-state index contributed by atoms with van der Waals surface area (Å²) in [5.74, 6) is 1.76. The van der Waals surface area contributed by atoms with Crippen LogP contribution in [0.4, 0.5) is 0 Å². The SMILES string of the molecule is COc1ccc2c(c1)ncc1[nH]c(Cc3ccccc3)nc12. The molecular weight excluding hydrogens is 274 g/mol. The van der Waals surface area contributed by atoms with Gasteiger partial charge in [-0.1, -0.05) is 30.3 Å². The van der Waals surface area contributed by atoms with Gasteiger partial charge >= 0.3 is 0 Å². The van der Waals surface area contributed by atoms with Crippen LogP contribution in [0.1, 0.15) is 11.4 Å². The highest BCUT2D eigenvalue weighted by molar-refractivity contribution is 6.02. The van der Waals surface area contributed by atoms with E-state index in [0.717, 1.165) is 39.9 Å². The van der Waals surface area contributed by atoms with E-state index in [1.54, 1.807) is 7.11 Å². The fourth-order valence-corrected chi connectivity index (χ4v) is 2.69. The van der Waals surface area contributed by atoms with Crippen molar-refractivity contribution in [2.75, 3.05) is 7.11 Å². The molecule has 0 unspecified atom stereocenters. The maximum Gasteiger partial charge on any atom is 0.121 e. The molecule has 0 saturated heterocycles. The summed E-state index contributed by atoms with van der Waals surface area (Å²) in [5, 5.41) is 1.04. The minimum absolute atomic E-state index is 0.785. The summed E-state index contributed by atoms with van der Waals surface area (Å²) < 4.78 is 5.25. The highest BCUT2D eigenvalue weighted by atomic mass is 16.5. The van der Waals surface area contributed by atoms with Gasteiger partial charge < -0.3 is 9.72 Å². The maximum atomic E-state index is 5.25. The molecule has 22 heavy (non-hydrogen) atoms. The van der Waals surface area contributed by atoms with Gasteiger partial charge in [0.1, 0.15) is 11.6 Å². The molecule has 0 aliphatic rings. The number of hydrogen-bond donors (Lipinski definition) is 1. The van der Waals surface area contributed by atoms with Gasteiger partial charge in [-0.2, -0.15) is 0 Å². The molecule has 0 aliphatic heterocycles. The average Bonchev–Trinajstić information content (AvgIpc) is 2.98. The Labute approximate surface area is 127 Å². The van der Waals surface area contributed by atoms with Gasteiger partial charge in [0.15, 0.2) is 0 Å². The first kappa shape index (κ1) is 12.8. The normalized spacial score (nSPS) is 11.1. The van der Waals surface area contributed by atoms with Crippen LogP contribution in [0.25, 0.3) is 21.9 Å². The second-order valence-electron chi connectivity index (χ2n) is 5.25. The molecule has 4 heteroatoms. The topological polar surface area (TPSA) is 50.8 Å². The minimum Gasteiger partial charge on any atom is -0.497 e. The number of methoxy groups -OCH3 is 1. The molecule has 0 spiro atoms. The third-order valence-corrected chi connectivity index (χ3v) is 3.79. The van der Waals surface area contributed by atoms with E-state index >= 15 is 0 Å². The van der Waals surface area contributed by atoms with Crippen molar-refractivity contribution in [2.45, 2.75) is 6.42 Å². The number of benzene rings is 2. The van der Waals surface area contributed by atoms with Crippen LogP contribution in [0.3, 0.4) is 0 Å². The first-order chi connectivity index (χ1) is 10.8. The predicted octanol–water partition coefficient (Wildman–Crippen LogP) is 3.71. The van der Waals surface area contributed by atoms with Crippen LogP contribution in [0.5, 0.6) is 5.75 Å². The molecule has 2 aromatic carbocycles. The number of H-pyrrole nitrogens is 1. The maximum absolute atomic E-state index is 5.25. The van der Waals surface area contributed by atoms with Crippen molar-refractivity contribution in [3.8, 4) is 5.75 Å². The summed E-state index contributed by atoms with van der Waals surface area (Å²) in [6, 6.07) is 16.2. The van der Waals surface area contributed by atoms with Crippen LogP contribution < -0.4 is 4.74 Å². The minimum atomic E-state index is 0.785. The number of aromatic amines is 1. The Kier molecular flexibility index (Phi) is 3.00. The molecule has 1 N–H and O–H groups in total. The number of ether oxygens (including phenoxy) is 1. The quantitative estimate of drug-likeness (QED) is 0.625. The Hall–Kier alpha value is -2.88. The Balaban J connectivity index is 1.81. The van der Waals surface area contributed by atoms with E-state index in [1.807, 2.05) is 42.6 Å². The van der Waals surface area contributed by atoms with Gasteiger partial charge in [0.05, 0.1) is 29.9 Å². The fourth-order valence-electron chi connectivity index (χ4n) is 2.69. The number of fused-ring (bicyclic) bond motifs is 3. The zero-order valence-corrected chi connectivity index (χ0v) is 12.2. The number of rotatable bonds is 3. The average molecular weight is 289 g/mol. The Morgan fingerprint density at radius 3 is 2.77 bits per heavy atom. The first-order valence-corrected chi connectivity index (χ1v) is 7.19. The van der Waals surface area contributed by atoms with Gasteiger partial charge in [-0.3, -0.25) is 4.98 Å². The number of aromatic nitrogens is 3. The van der Waals surface area contributed by atoms with Gasteiger partial charge in [-0.25, -0.2) is 4.98 Å². The monoisotopic (exact) mass is 289 g/mol.